The van der Waals surface area contributed by atoms with Crippen molar-refractivity contribution >= 4 is 44.6 Å². The van der Waals surface area contributed by atoms with Gasteiger partial charge in [-0.05, 0) is 42.5 Å². The largest absolute Gasteiger partial charge is 0.332 e. The Morgan fingerprint density at radius 3 is 2.50 bits per heavy atom. The molecule has 2 nitrogen and oxygen atoms in total. The molecule has 0 bridgehead atoms. The van der Waals surface area contributed by atoms with Gasteiger partial charge < -0.3 is 10.6 Å². The lowest BCUT2D eigenvalue weighted by Gasteiger charge is -2.11. The van der Waals surface area contributed by atoms with Gasteiger partial charge in [-0.1, -0.05) is 34.1 Å². The van der Waals surface area contributed by atoms with Gasteiger partial charge in [0, 0.05) is 10.2 Å². The van der Waals surface area contributed by atoms with Crippen LogP contribution in [0.25, 0.3) is 0 Å². The average molecular weight is 325 g/mol. The number of nitrogens with one attached hydrogen (secondary N) is 2. The van der Waals surface area contributed by atoms with E-state index in [4.69, 9.17) is 12.2 Å². The first-order valence-electron chi connectivity index (χ1n) is 5.23. The smallest absolute Gasteiger partial charge is 0.175 e. The van der Waals surface area contributed by atoms with Crippen molar-refractivity contribution in [1.29, 1.82) is 0 Å². The summed E-state index contributed by atoms with van der Waals surface area (Å²) >= 11 is 8.40. The van der Waals surface area contributed by atoms with E-state index < -0.39 is 0 Å². The Hall–Kier alpha value is -1.46. The Bertz CT molecular complexity index is 560. The second kappa shape index (κ2) is 5.93. The predicted molar refractivity (Wildman–Crippen MR) is 80.4 cm³/mol. The topological polar surface area (TPSA) is 24.1 Å². The Morgan fingerprint density at radius 2 is 1.78 bits per heavy atom. The van der Waals surface area contributed by atoms with Gasteiger partial charge in [0.05, 0.1) is 5.69 Å². The molecule has 0 spiro atoms. The lowest BCUT2D eigenvalue weighted by molar-refractivity contribution is 0.632. The number of halogens is 2. The summed E-state index contributed by atoms with van der Waals surface area (Å²) in [6, 6.07) is 14.1. The molecule has 2 rings (SSSR count). The maximum Gasteiger partial charge on any atom is 0.175 e. The van der Waals surface area contributed by atoms with Crippen LogP contribution in [0.2, 0.25) is 0 Å². The highest BCUT2D eigenvalue weighted by atomic mass is 79.9. The molecule has 0 aromatic heterocycles. The third kappa shape index (κ3) is 3.51. The maximum absolute atomic E-state index is 13.5. The lowest BCUT2D eigenvalue weighted by Crippen LogP contribution is -2.19. The van der Waals surface area contributed by atoms with Gasteiger partial charge in [0.25, 0.3) is 0 Å². The van der Waals surface area contributed by atoms with Crippen molar-refractivity contribution < 1.29 is 4.39 Å². The molecule has 92 valence electrons. The van der Waals surface area contributed by atoms with Crippen LogP contribution in [-0.2, 0) is 0 Å². The van der Waals surface area contributed by atoms with Crippen molar-refractivity contribution in [3.05, 3.63) is 58.8 Å². The molecule has 0 aliphatic heterocycles. The second-order valence-electron chi connectivity index (χ2n) is 3.57. The molecule has 2 N–H and O–H groups in total. The molecule has 0 aliphatic rings. The summed E-state index contributed by atoms with van der Waals surface area (Å²) in [7, 11) is 0. The van der Waals surface area contributed by atoms with Crippen LogP contribution in [0.4, 0.5) is 15.8 Å². The van der Waals surface area contributed by atoms with Gasteiger partial charge in [-0.3, -0.25) is 0 Å². The Labute approximate surface area is 118 Å². The van der Waals surface area contributed by atoms with E-state index >= 15 is 0 Å². The summed E-state index contributed by atoms with van der Waals surface area (Å²) < 4.78 is 14.3. The van der Waals surface area contributed by atoms with E-state index in [1.807, 2.05) is 30.3 Å². The number of rotatable bonds is 2. The van der Waals surface area contributed by atoms with Crippen molar-refractivity contribution in [2.24, 2.45) is 0 Å². The number of hydrogen-bond acceptors (Lipinski definition) is 1. The van der Waals surface area contributed by atoms with Crippen LogP contribution in [0, 0.1) is 5.82 Å². The molecule has 0 unspecified atom stereocenters. The summed E-state index contributed by atoms with van der Waals surface area (Å²) in [4.78, 5) is 0. The predicted octanol–water partition coefficient (Wildman–Crippen LogP) is 4.40. The van der Waals surface area contributed by atoms with Crippen LogP contribution in [0.3, 0.4) is 0 Å². The second-order valence-corrected chi connectivity index (χ2v) is 4.89. The molecule has 0 atom stereocenters. The highest BCUT2D eigenvalue weighted by Gasteiger charge is 2.04. The van der Waals surface area contributed by atoms with Crippen LogP contribution in [0.15, 0.2) is 53.0 Å². The van der Waals surface area contributed by atoms with Crippen molar-refractivity contribution in [3.8, 4) is 0 Å². The molecule has 0 aliphatic carbocycles. The van der Waals surface area contributed by atoms with Gasteiger partial charge in [0.15, 0.2) is 5.11 Å². The van der Waals surface area contributed by atoms with Crippen LogP contribution in [-0.4, -0.2) is 5.11 Å². The van der Waals surface area contributed by atoms with Gasteiger partial charge in [0.1, 0.15) is 5.82 Å². The Kier molecular flexibility index (Phi) is 4.28. The number of para-hydroxylation sites is 1. The molecule has 0 fully saturated rings. The molecule has 0 amide bonds. The molecule has 2 aromatic carbocycles. The zero-order valence-electron chi connectivity index (χ0n) is 9.28. The van der Waals surface area contributed by atoms with Crippen molar-refractivity contribution in [1.82, 2.24) is 0 Å². The van der Waals surface area contributed by atoms with Gasteiger partial charge >= 0.3 is 0 Å². The lowest BCUT2D eigenvalue weighted by atomic mass is 10.3. The number of anilines is 2. The number of thiocarbonyl (C=S) groups is 1. The number of hydrogen-bond donors (Lipinski definition) is 2. The summed E-state index contributed by atoms with van der Waals surface area (Å²) in [6.45, 7) is 0. The van der Waals surface area contributed by atoms with Crippen LogP contribution < -0.4 is 10.6 Å². The molecule has 0 radical (unpaired) electrons. The van der Waals surface area contributed by atoms with E-state index in [2.05, 4.69) is 26.6 Å². The zero-order valence-corrected chi connectivity index (χ0v) is 11.7. The molecule has 0 saturated carbocycles. The minimum atomic E-state index is -0.351. The highest BCUT2D eigenvalue weighted by Crippen LogP contribution is 2.20. The molecular formula is C13H10BrFN2S. The molecular weight excluding hydrogens is 315 g/mol. The minimum Gasteiger partial charge on any atom is -0.332 e. The third-order valence-corrected chi connectivity index (χ3v) is 2.91. The fraction of sp³-hybridized carbons (Fsp3) is 0. The van der Waals surface area contributed by atoms with Gasteiger partial charge in [-0.25, -0.2) is 4.39 Å². The first-order chi connectivity index (χ1) is 8.65. The normalized spacial score (nSPS) is 9.89. The minimum absolute atomic E-state index is 0.331. The monoisotopic (exact) mass is 324 g/mol. The average Bonchev–Trinajstić information content (AvgIpc) is 2.35. The molecule has 0 heterocycles. The summed E-state index contributed by atoms with van der Waals surface area (Å²) in [6.07, 6.45) is 0. The molecule has 5 heteroatoms. The fourth-order valence-electron chi connectivity index (χ4n) is 1.40. The Morgan fingerprint density at radius 1 is 1.06 bits per heavy atom. The zero-order chi connectivity index (χ0) is 13.0. The van der Waals surface area contributed by atoms with E-state index in [0.717, 1.165) is 10.2 Å². The van der Waals surface area contributed by atoms with E-state index in [1.54, 1.807) is 12.1 Å². The van der Waals surface area contributed by atoms with Gasteiger partial charge in [-0.15, -0.1) is 0 Å². The van der Waals surface area contributed by atoms with Gasteiger partial charge in [-0.2, -0.15) is 0 Å². The number of benzene rings is 2. The van der Waals surface area contributed by atoms with Crippen LogP contribution in [0.5, 0.6) is 0 Å². The van der Waals surface area contributed by atoms with E-state index in [-0.39, 0.29) is 5.82 Å². The van der Waals surface area contributed by atoms with Crippen molar-refractivity contribution in [3.63, 3.8) is 0 Å². The van der Waals surface area contributed by atoms with E-state index in [1.165, 1.54) is 6.07 Å². The maximum atomic E-state index is 13.5. The molecule has 18 heavy (non-hydrogen) atoms. The molecule has 0 saturated heterocycles. The third-order valence-electron chi connectivity index (χ3n) is 2.21. The van der Waals surface area contributed by atoms with Crippen LogP contribution in [0.1, 0.15) is 0 Å². The van der Waals surface area contributed by atoms with E-state index in [9.17, 15) is 4.39 Å². The highest BCUT2D eigenvalue weighted by molar-refractivity contribution is 9.10. The first-order valence-corrected chi connectivity index (χ1v) is 6.43. The van der Waals surface area contributed by atoms with E-state index in [0.29, 0.717) is 10.8 Å². The quantitative estimate of drug-likeness (QED) is 0.801. The Balaban J connectivity index is 2.05. The fourth-order valence-corrected chi connectivity index (χ4v) is 1.99. The molecule has 2 aromatic rings. The van der Waals surface area contributed by atoms with Gasteiger partial charge in [0.2, 0.25) is 0 Å². The summed E-state index contributed by atoms with van der Waals surface area (Å²) in [5, 5.41) is 6.14. The first kappa shape index (κ1) is 13.0. The van der Waals surface area contributed by atoms with Crippen molar-refractivity contribution in [2.75, 3.05) is 10.6 Å². The standard InChI is InChI=1S/C13H10BrFN2S/c14-9-6-7-11(15)12(8-9)17-13(18)16-10-4-2-1-3-5-10/h1-8H,(H2,16,17,18). The summed E-state index contributed by atoms with van der Waals surface area (Å²) in [5.41, 5.74) is 1.18. The van der Waals surface area contributed by atoms with Crippen molar-refractivity contribution in [2.45, 2.75) is 0 Å². The van der Waals surface area contributed by atoms with Crippen LogP contribution >= 0.6 is 28.1 Å². The SMILES string of the molecule is Fc1ccc(Br)cc1NC(=S)Nc1ccccc1. The summed E-state index contributed by atoms with van der Waals surface area (Å²) in [5.74, 6) is -0.351.